The van der Waals surface area contributed by atoms with Crippen molar-refractivity contribution in [2.75, 3.05) is 26.8 Å². The van der Waals surface area contributed by atoms with Crippen molar-refractivity contribution < 1.29 is 9.53 Å². The molecular formula is C15H26N2O2. The lowest BCUT2D eigenvalue weighted by atomic mass is 9.93. The number of hydrogen-bond donors (Lipinski definition) is 1. The molecule has 4 heteroatoms. The molecule has 1 fully saturated rings. The number of nitrogens with zero attached hydrogens (tertiary/aromatic N) is 1. The van der Waals surface area contributed by atoms with Crippen molar-refractivity contribution >= 4 is 5.91 Å². The number of nitrogens with two attached hydrogens (primary N) is 1. The van der Waals surface area contributed by atoms with Crippen LogP contribution in [0.2, 0.25) is 0 Å². The molecule has 2 aliphatic rings. The quantitative estimate of drug-likeness (QED) is 0.625. The standard InChI is InChI=1S/C15H26N2O2/c1-19-11-12-7-9-17(10-8-12)15(18)13-5-3-2-4-6-14(13)16/h7,13-14H,2-6,8-11,16H2,1H3. The van der Waals surface area contributed by atoms with Gasteiger partial charge in [0.15, 0.2) is 0 Å². The van der Waals surface area contributed by atoms with Crippen LogP contribution in [0.5, 0.6) is 0 Å². The maximum atomic E-state index is 12.6. The smallest absolute Gasteiger partial charge is 0.227 e. The molecular weight excluding hydrogens is 240 g/mol. The Morgan fingerprint density at radius 1 is 1.42 bits per heavy atom. The van der Waals surface area contributed by atoms with Gasteiger partial charge in [-0.05, 0) is 24.8 Å². The minimum Gasteiger partial charge on any atom is -0.380 e. The van der Waals surface area contributed by atoms with Crippen molar-refractivity contribution in [3.05, 3.63) is 11.6 Å². The molecule has 0 aromatic rings. The molecule has 108 valence electrons. The lowest BCUT2D eigenvalue weighted by Crippen LogP contribution is -2.45. The summed E-state index contributed by atoms with van der Waals surface area (Å²) in [5, 5.41) is 0. The summed E-state index contributed by atoms with van der Waals surface area (Å²) in [5.74, 6) is 0.307. The fraction of sp³-hybridized carbons (Fsp3) is 0.800. The monoisotopic (exact) mass is 266 g/mol. The average molecular weight is 266 g/mol. The summed E-state index contributed by atoms with van der Waals surface area (Å²) in [5.41, 5.74) is 7.48. The number of amides is 1. The van der Waals surface area contributed by atoms with E-state index in [2.05, 4.69) is 6.08 Å². The first-order chi connectivity index (χ1) is 9.22. The first-order valence-corrected chi connectivity index (χ1v) is 7.43. The largest absolute Gasteiger partial charge is 0.380 e. The molecule has 2 rings (SSSR count). The van der Waals surface area contributed by atoms with Gasteiger partial charge in [0, 0.05) is 26.2 Å². The van der Waals surface area contributed by atoms with Gasteiger partial charge in [0.25, 0.3) is 0 Å². The average Bonchev–Trinajstić information content (AvgIpc) is 2.64. The van der Waals surface area contributed by atoms with Crippen LogP contribution in [-0.2, 0) is 9.53 Å². The van der Waals surface area contributed by atoms with Crippen LogP contribution in [0.15, 0.2) is 11.6 Å². The fourth-order valence-electron chi connectivity index (χ4n) is 3.11. The summed E-state index contributed by atoms with van der Waals surface area (Å²) in [4.78, 5) is 14.5. The summed E-state index contributed by atoms with van der Waals surface area (Å²) in [6.45, 7) is 2.23. The highest BCUT2D eigenvalue weighted by atomic mass is 16.5. The summed E-state index contributed by atoms with van der Waals surface area (Å²) in [6, 6.07) is 0.0550. The second kappa shape index (κ2) is 7.06. The van der Waals surface area contributed by atoms with E-state index in [1.165, 1.54) is 18.4 Å². The highest BCUT2D eigenvalue weighted by molar-refractivity contribution is 5.80. The molecule has 1 amide bonds. The molecule has 0 spiro atoms. The van der Waals surface area contributed by atoms with Crippen molar-refractivity contribution in [1.29, 1.82) is 0 Å². The molecule has 1 aliphatic carbocycles. The second-order valence-corrected chi connectivity index (χ2v) is 5.74. The van der Waals surface area contributed by atoms with E-state index in [1.54, 1.807) is 7.11 Å². The SMILES string of the molecule is COCC1=CCN(C(=O)C2CCCCCC2N)CC1. The minimum atomic E-state index is 0.0416. The Balaban J connectivity index is 1.92. The van der Waals surface area contributed by atoms with E-state index in [4.69, 9.17) is 10.5 Å². The summed E-state index contributed by atoms with van der Waals surface area (Å²) in [6.07, 6.45) is 8.55. The maximum Gasteiger partial charge on any atom is 0.227 e. The van der Waals surface area contributed by atoms with E-state index in [1.807, 2.05) is 4.90 Å². The zero-order valence-corrected chi connectivity index (χ0v) is 11.9. The fourth-order valence-corrected chi connectivity index (χ4v) is 3.11. The van der Waals surface area contributed by atoms with Crippen molar-refractivity contribution in [2.45, 2.75) is 44.6 Å². The Bertz CT molecular complexity index is 341. The molecule has 1 heterocycles. The Hall–Kier alpha value is -0.870. The van der Waals surface area contributed by atoms with Gasteiger partial charge in [0.1, 0.15) is 0 Å². The van der Waals surface area contributed by atoms with Crippen LogP contribution in [-0.4, -0.2) is 43.7 Å². The molecule has 0 aromatic heterocycles. The number of carbonyl (C=O) groups is 1. The lowest BCUT2D eigenvalue weighted by Gasteiger charge is -2.31. The van der Waals surface area contributed by atoms with Crippen LogP contribution in [0, 0.1) is 5.92 Å². The Labute approximate surface area is 116 Å². The number of ether oxygens (including phenoxy) is 1. The molecule has 0 bridgehead atoms. The highest BCUT2D eigenvalue weighted by Crippen LogP contribution is 2.25. The normalized spacial score (nSPS) is 28.7. The third kappa shape index (κ3) is 3.80. The van der Waals surface area contributed by atoms with E-state index in [0.717, 1.165) is 38.8 Å². The van der Waals surface area contributed by atoms with Gasteiger partial charge in [-0.1, -0.05) is 25.3 Å². The second-order valence-electron chi connectivity index (χ2n) is 5.74. The Morgan fingerprint density at radius 3 is 2.89 bits per heavy atom. The minimum absolute atomic E-state index is 0.0416. The maximum absolute atomic E-state index is 12.6. The van der Waals surface area contributed by atoms with E-state index in [0.29, 0.717) is 6.61 Å². The van der Waals surface area contributed by atoms with Crippen LogP contribution in [0.3, 0.4) is 0 Å². The first-order valence-electron chi connectivity index (χ1n) is 7.43. The van der Waals surface area contributed by atoms with Crippen LogP contribution in [0.1, 0.15) is 38.5 Å². The van der Waals surface area contributed by atoms with Gasteiger partial charge in [-0.25, -0.2) is 0 Å². The molecule has 2 unspecified atom stereocenters. The molecule has 2 atom stereocenters. The van der Waals surface area contributed by atoms with Crippen LogP contribution < -0.4 is 5.73 Å². The van der Waals surface area contributed by atoms with Gasteiger partial charge in [-0.2, -0.15) is 0 Å². The van der Waals surface area contributed by atoms with Crippen molar-refractivity contribution in [1.82, 2.24) is 4.90 Å². The van der Waals surface area contributed by atoms with Gasteiger partial charge in [0.2, 0.25) is 5.91 Å². The van der Waals surface area contributed by atoms with Crippen molar-refractivity contribution in [3.63, 3.8) is 0 Å². The molecule has 4 nitrogen and oxygen atoms in total. The van der Waals surface area contributed by atoms with Crippen molar-refractivity contribution in [3.8, 4) is 0 Å². The number of carbonyl (C=O) groups excluding carboxylic acids is 1. The summed E-state index contributed by atoms with van der Waals surface area (Å²) >= 11 is 0. The molecule has 0 saturated heterocycles. The van der Waals surface area contributed by atoms with E-state index in [9.17, 15) is 4.79 Å². The number of rotatable bonds is 3. The zero-order valence-electron chi connectivity index (χ0n) is 11.9. The molecule has 1 saturated carbocycles. The first kappa shape index (κ1) is 14.5. The van der Waals surface area contributed by atoms with E-state index in [-0.39, 0.29) is 17.9 Å². The molecule has 0 aromatic carbocycles. The van der Waals surface area contributed by atoms with Crippen LogP contribution in [0.25, 0.3) is 0 Å². The van der Waals surface area contributed by atoms with Gasteiger partial charge < -0.3 is 15.4 Å². The van der Waals surface area contributed by atoms with Gasteiger partial charge >= 0.3 is 0 Å². The molecule has 2 N–H and O–H groups in total. The van der Waals surface area contributed by atoms with Gasteiger partial charge in [-0.15, -0.1) is 0 Å². The predicted molar refractivity (Wildman–Crippen MR) is 75.7 cm³/mol. The third-order valence-electron chi connectivity index (χ3n) is 4.33. The van der Waals surface area contributed by atoms with Gasteiger partial charge in [0.05, 0.1) is 12.5 Å². The van der Waals surface area contributed by atoms with Gasteiger partial charge in [-0.3, -0.25) is 4.79 Å². The van der Waals surface area contributed by atoms with E-state index < -0.39 is 0 Å². The summed E-state index contributed by atoms with van der Waals surface area (Å²) < 4.78 is 5.14. The zero-order chi connectivity index (χ0) is 13.7. The topological polar surface area (TPSA) is 55.6 Å². The number of hydrogen-bond acceptors (Lipinski definition) is 3. The number of methoxy groups -OCH3 is 1. The van der Waals surface area contributed by atoms with Crippen molar-refractivity contribution in [2.24, 2.45) is 11.7 Å². The molecule has 0 radical (unpaired) electrons. The van der Waals surface area contributed by atoms with Crippen LogP contribution in [0.4, 0.5) is 0 Å². The highest BCUT2D eigenvalue weighted by Gasteiger charge is 2.30. The molecule has 1 aliphatic heterocycles. The van der Waals surface area contributed by atoms with Crippen LogP contribution >= 0.6 is 0 Å². The summed E-state index contributed by atoms with van der Waals surface area (Å²) in [7, 11) is 1.71. The molecule has 19 heavy (non-hydrogen) atoms. The lowest BCUT2D eigenvalue weighted by molar-refractivity contribution is -0.136. The Morgan fingerprint density at radius 2 is 2.21 bits per heavy atom. The third-order valence-corrected chi connectivity index (χ3v) is 4.33. The predicted octanol–water partition coefficient (Wildman–Crippen LogP) is 1.70. The van der Waals surface area contributed by atoms with E-state index >= 15 is 0 Å². The Kier molecular flexibility index (Phi) is 5.40.